The van der Waals surface area contributed by atoms with E-state index in [1.54, 1.807) is 30.3 Å². The van der Waals surface area contributed by atoms with Crippen LogP contribution in [0.1, 0.15) is 26.7 Å². The molecule has 1 aromatic carbocycles. The van der Waals surface area contributed by atoms with Crippen LogP contribution in [0.2, 0.25) is 0 Å². The fourth-order valence-electron chi connectivity index (χ4n) is 2.40. The van der Waals surface area contributed by atoms with Crippen LogP contribution in [0.5, 0.6) is 0 Å². The summed E-state index contributed by atoms with van der Waals surface area (Å²) in [4.78, 5) is 12.4. The van der Waals surface area contributed by atoms with Crippen LogP contribution in [-0.4, -0.2) is 37.3 Å². The first-order valence-corrected chi connectivity index (χ1v) is 8.24. The minimum atomic E-state index is -3.60. The van der Waals surface area contributed by atoms with Crippen LogP contribution in [0, 0.1) is 0 Å². The Balaban J connectivity index is 2.25. The van der Waals surface area contributed by atoms with Crippen LogP contribution < -0.4 is 5.32 Å². The average Bonchev–Trinajstić information content (AvgIpc) is 2.89. The number of benzene rings is 1. The van der Waals surface area contributed by atoms with Gasteiger partial charge in [0.05, 0.1) is 4.90 Å². The van der Waals surface area contributed by atoms with Gasteiger partial charge in [0.15, 0.2) is 0 Å². The van der Waals surface area contributed by atoms with Crippen LogP contribution in [0.25, 0.3) is 0 Å². The van der Waals surface area contributed by atoms with Gasteiger partial charge in [0.1, 0.15) is 6.04 Å². The predicted octanol–water partition coefficient (Wildman–Crippen LogP) is 1.36. The molecule has 5 nitrogen and oxygen atoms in total. The van der Waals surface area contributed by atoms with E-state index in [9.17, 15) is 13.2 Å². The minimum Gasteiger partial charge on any atom is -0.353 e. The van der Waals surface area contributed by atoms with E-state index in [0.29, 0.717) is 19.4 Å². The Bertz CT molecular complexity index is 569. The molecule has 1 aliphatic rings. The largest absolute Gasteiger partial charge is 0.353 e. The number of nitrogens with zero attached hydrogens (tertiary/aromatic N) is 1. The average molecular weight is 296 g/mol. The zero-order valence-electron chi connectivity index (χ0n) is 11.7. The Labute approximate surface area is 120 Å². The number of nitrogens with one attached hydrogen (secondary N) is 1. The zero-order valence-corrected chi connectivity index (χ0v) is 12.6. The first-order chi connectivity index (χ1) is 9.43. The third-order valence-electron chi connectivity index (χ3n) is 3.29. The van der Waals surface area contributed by atoms with Gasteiger partial charge in [-0.3, -0.25) is 4.79 Å². The van der Waals surface area contributed by atoms with Gasteiger partial charge >= 0.3 is 0 Å². The van der Waals surface area contributed by atoms with E-state index in [2.05, 4.69) is 5.32 Å². The van der Waals surface area contributed by atoms with Crippen LogP contribution in [-0.2, 0) is 14.8 Å². The van der Waals surface area contributed by atoms with Crippen LogP contribution >= 0.6 is 0 Å². The Morgan fingerprint density at radius 2 is 1.95 bits per heavy atom. The molecular formula is C14H20N2O3S. The third kappa shape index (κ3) is 3.02. The smallest absolute Gasteiger partial charge is 0.243 e. The quantitative estimate of drug-likeness (QED) is 0.912. The van der Waals surface area contributed by atoms with E-state index in [0.717, 1.165) is 0 Å². The lowest BCUT2D eigenvalue weighted by Crippen LogP contribution is -2.47. The third-order valence-corrected chi connectivity index (χ3v) is 5.21. The molecule has 1 aromatic rings. The predicted molar refractivity (Wildman–Crippen MR) is 76.6 cm³/mol. The van der Waals surface area contributed by atoms with Crippen molar-refractivity contribution >= 4 is 15.9 Å². The molecule has 6 heteroatoms. The molecule has 1 N–H and O–H groups in total. The second-order valence-electron chi connectivity index (χ2n) is 5.25. The van der Waals surface area contributed by atoms with E-state index in [1.807, 2.05) is 13.8 Å². The highest BCUT2D eigenvalue weighted by molar-refractivity contribution is 7.89. The lowest BCUT2D eigenvalue weighted by Gasteiger charge is -2.24. The summed E-state index contributed by atoms with van der Waals surface area (Å²) in [5.41, 5.74) is 0. The second-order valence-corrected chi connectivity index (χ2v) is 7.14. The van der Waals surface area contributed by atoms with Crippen molar-refractivity contribution in [2.24, 2.45) is 0 Å². The summed E-state index contributed by atoms with van der Waals surface area (Å²) in [7, 11) is -3.60. The molecule has 1 fully saturated rings. The Morgan fingerprint density at radius 1 is 1.30 bits per heavy atom. The number of carbonyl (C=O) groups excluding carboxylic acids is 1. The number of amides is 1. The van der Waals surface area contributed by atoms with Crippen molar-refractivity contribution in [2.75, 3.05) is 6.54 Å². The highest BCUT2D eigenvalue weighted by Crippen LogP contribution is 2.26. The van der Waals surface area contributed by atoms with E-state index in [4.69, 9.17) is 0 Å². The molecule has 0 spiro atoms. The van der Waals surface area contributed by atoms with E-state index in [1.165, 1.54) is 4.31 Å². The molecule has 1 heterocycles. The molecule has 110 valence electrons. The normalized spacial score (nSPS) is 20.2. The monoisotopic (exact) mass is 296 g/mol. The number of sulfonamides is 1. The molecule has 0 aromatic heterocycles. The van der Waals surface area contributed by atoms with Gasteiger partial charge in [-0.05, 0) is 38.8 Å². The van der Waals surface area contributed by atoms with Gasteiger partial charge in [-0.2, -0.15) is 4.31 Å². The number of hydrogen-bond donors (Lipinski definition) is 1. The van der Waals surface area contributed by atoms with Gasteiger partial charge in [-0.15, -0.1) is 0 Å². The van der Waals surface area contributed by atoms with Crippen molar-refractivity contribution in [1.82, 2.24) is 9.62 Å². The molecule has 0 aliphatic carbocycles. The maximum Gasteiger partial charge on any atom is 0.243 e. The zero-order chi connectivity index (χ0) is 14.8. The molecule has 0 bridgehead atoms. The first kappa shape index (κ1) is 15.0. The Morgan fingerprint density at radius 3 is 2.55 bits per heavy atom. The molecule has 2 rings (SSSR count). The van der Waals surface area contributed by atoms with Gasteiger partial charge in [0.25, 0.3) is 0 Å². The maximum absolute atomic E-state index is 12.6. The highest BCUT2D eigenvalue weighted by Gasteiger charge is 2.39. The van der Waals surface area contributed by atoms with Crippen LogP contribution in [0.3, 0.4) is 0 Å². The molecule has 0 unspecified atom stereocenters. The van der Waals surface area contributed by atoms with Crippen molar-refractivity contribution in [1.29, 1.82) is 0 Å². The maximum atomic E-state index is 12.6. The summed E-state index contributed by atoms with van der Waals surface area (Å²) in [6.07, 6.45) is 1.28. The van der Waals surface area contributed by atoms with Gasteiger partial charge in [0, 0.05) is 12.6 Å². The highest BCUT2D eigenvalue weighted by atomic mass is 32.2. The van der Waals surface area contributed by atoms with E-state index in [-0.39, 0.29) is 16.8 Å². The molecule has 1 saturated heterocycles. The molecule has 1 amide bonds. The lowest BCUT2D eigenvalue weighted by molar-refractivity contribution is -0.124. The van der Waals surface area contributed by atoms with E-state index >= 15 is 0 Å². The van der Waals surface area contributed by atoms with Gasteiger partial charge in [0.2, 0.25) is 15.9 Å². The van der Waals surface area contributed by atoms with Crippen molar-refractivity contribution in [3.8, 4) is 0 Å². The fraction of sp³-hybridized carbons (Fsp3) is 0.500. The Kier molecular flexibility index (Phi) is 4.45. The molecule has 1 atom stereocenters. The molecule has 20 heavy (non-hydrogen) atoms. The van der Waals surface area contributed by atoms with Gasteiger partial charge < -0.3 is 5.32 Å². The first-order valence-electron chi connectivity index (χ1n) is 6.80. The van der Waals surface area contributed by atoms with E-state index < -0.39 is 16.1 Å². The molecule has 1 aliphatic heterocycles. The molecule has 0 saturated carbocycles. The summed E-state index contributed by atoms with van der Waals surface area (Å²) < 4.78 is 26.5. The van der Waals surface area contributed by atoms with Gasteiger partial charge in [-0.25, -0.2) is 8.42 Å². The standard InChI is InChI=1S/C14H20N2O3S/c1-11(2)15-14(17)13-9-6-10-16(13)20(18,19)12-7-4-3-5-8-12/h3-5,7-8,11,13H,6,9-10H2,1-2H3,(H,15,17)/t13-/m0/s1. The van der Waals surface area contributed by atoms with Crippen LogP contribution in [0.15, 0.2) is 35.2 Å². The lowest BCUT2D eigenvalue weighted by atomic mass is 10.2. The summed E-state index contributed by atoms with van der Waals surface area (Å²) >= 11 is 0. The van der Waals surface area contributed by atoms with Crippen molar-refractivity contribution in [2.45, 2.75) is 43.7 Å². The second kappa shape index (κ2) is 5.93. The van der Waals surface area contributed by atoms with Crippen molar-refractivity contribution in [3.05, 3.63) is 30.3 Å². The number of hydrogen-bond acceptors (Lipinski definition) is 3. The summed E-state index contributed by atoms with van der Waals surface area (Å²) in [6, 6.07) is 7.67. The SMILES string of the molecule is CC(C)NC(=O)[C@@H]1CCCN1S(=O)(=O)c1ccccc1. The Hall–Kier alpha value is -1.40. The summed E-state index contributed by atoms with van der Waals surface area (Å²) in [5.74, 6) is -0.211. The van der Waals surface area contributed by atoms with Crippen molar-refractivity contribution in [3.63, 3.8) is 0 Å². The molecular weight excluding hydrogens is 276 g/mol. The fourth-order valence-corrected chi connectivity index (χ4v) is 4.08. The number of carbonyl (C=O) groups is 1. The summed E-state index contributed by atoms with van der Waals surface area (Å²) in [5, 5.41) is 2.79. The summed E-state index contributed by atoms with van der Waals surface area (Å²) in [6.45, 7) is 4.12. The topological polar surface area (TPSA) is 66.5 Å². The number of rotatable bonds is 4. The van der Waals surface area contributed by atoms with Crippen LogP contribution in [0.4, 0.5) is 0 Å². The molecule has 0 radical (unpaired) electrons. The minimum absolute atomic E-state index is 0.00405. The van der Waals surface area contributed by atoms with Gasteiger partial charge in [-0.1, -0.05) is 18.2 Å². The van der Waals surface area contributed by atoms with Crippen molar-refractivity contribution < 1.29 is 13.2 Å².